The van der Waals surface area contributed by atoms with Gasteiger partial charge in [-0.3, -0.25) is 4.79 Å². The lowest BCUT2D eigenvalue weighted by Crippen LogP contribution is -2.48. The zero-order valence-electron chi connectivity index (χ0n) is 17.0. The minimum atomic E-state index is -0.370. The minimum Gasteiger partial charge on any atom is -0.497 e. The van der Waals surface area contributed by atoms with Gasteiger partial charge in [-0.15, -0.1) is 0 Å². The number of carbonyl (C=O) groups is 1. The van der Waals surface area contributed by atoms with Crippen LogP contribution in [0.2, 0.25) is 0 Å². The maximum Gasteiger partial charge on any atom is 0.277 e. The molecule has 30 heavy (non-hydrogen) atoms. The van der Waals surface area contributed by atoms with Crippen molar-refractivity contribution in [2.45, 2.75) is 12.0 Å². The molecule has 1 saturated heterocycles. The van der Waals surface area contributed by atoms with Crippen LogP contribution in [0.4, 0.5) is 5.69 Å². The summed E-state index contributed by atoms with van der Waals surface area (Å²) < 4.78 is 17.9. The molecule has 0 atom stereocenters. The first-order chi connectivity index (χ1) is 14.6. The maximum atomic E-state index is 13.4. The lowest BCUT2D eigenvalue weighted by Gasteiger charge is -2.40. The monoisotopic (exact) mass is 405 g/mol. The molecule has 0 radical (unpaired) electrons. The van der Waals surface area contributed by atoms with Gasteiger partial charge in [0.05, 0.1) is 32.2 Å². The summed E-state index contributed by atoms with van der Waals surface area (Å²) >= 11 is 0. The zero-order chi connectivity index (χ0) is 20.7. The van der Waals surface area contributed by atoms with Crippen molar-refractivity contribution in [3.8, 4) is 11.4 Å². The molecule has 1 amide bonds. The molecule has 0 saturated carbocycles. The first kappa shape index (κ1) is 18.8. The Morgan fingerprint density at radius 3 is 2.30 bits per heavy atom. The van der Waals surface area contributed by atoms with Gasteiger partial charge in [0.15, 0.2) is 0 Å². The highest BCUT2D eigenvalue weighted by Crippen LogP contribution is 2.35. The first-order valence-corrected chi connectivity index (χ1v) is 9.92. The van der Waals surface area contributed by atoms with Gasteiger partial charge in [0.1, 0.15) is 17.0 Å². The molecule has 2 aliphatic heterocycles. The van der Waals surface area contributed by atoms with Gasteiger partial charge in [-0.05, 0) is 48.4 Å². The van der Waals surface area contributed by atoms with Gasteiger partial charge in [0.2, 0.25) is 0 Å². The second kappa shape index (κ2) is 7.27. The molecule has 1 aromatic heterocycles. The number of fused-ring (bicyclic) bond motifs is 1. The van der Waals surface area contributed by atoms with E-state index in [1.807, 2.05) is 53.4 Å². The second-order valence-electron chi connectivity index (χ2n) is 7.57. The molecule has 5 rings (SSSR count). The molecule has 1 fully saturated rings. The Hall–Kier alpha value is -3.16. The van der Waals surface area contributed by atoms with Crippen LogP contribution in [0.5, 0.6) is 5.75 Å². The highest BCUT2D eigenvalue weighted by atomic mass is 16.6. The number of anilines is 1. The summed E-state index contributed by atoms with van der Waals surface area (Å²) in [6.45, 7) is 1.73. The van der Waals surface area contributed by atoms with Crippen molar-refractivity contribution in [1.82, 2.24) is 9.78 Å². The number of benzene rings is 2. The fourth-order valence-electron chi connectivity index (χ4n) is 4.06. The Labute approximate surface area is 174 Å². The fraction of sp³-hybridized carbons (Fsp3) is 0.304. The van der Waals surface area contributed by atoms with Crippen LogP contribution in [0, 0.1) is 0 Å². The van der Waals surface area contributed by atoms with E-state index in [2.05, 4.69) is 5.10 Å². The van der Waals surface area contributed by atoms with Gasteiger partial charge >= 0.3 is 0 Å². The number of carbonyl (C=O) groups excluding carboxylic acids is 1. The third kappa shape index (κ3) is 2.89. The minimum absolute atomic E-state index is 0.0502. The molecule has 0 spiro atoms. The van der Waals surface area contributed by atoms with Crippen LogP contribution in [0.25, 0.3) is 5.69 Å². The smallest absolute Gasteiger partial charge is 0.277 e. The molecule has 2 aliphatic rings. The van der Waals surface area contributed by atoms with Gasteiger partial charge in [-0.25, -0.2) is 4.68 Å². The van der Waals surface area contributed by atoms with E-state index in [0.29, 0.717) is 25.5 Å². The van der Waals surface area contributed by atoms with Gasteiger partial charge < -0.3 is 19.1 Å². The van der Waals surface area contributed by atoms with Crippen molar-refractivity contribution < 1.29 is 19.0 Å². The predicted octanol–water partition coefficient (Wildman–Crippen LogP) is 2.96. The number of rotatable bonds is 5. The quantitative estimate of drug-likeness (QED) is 0.653. The summed E-state index contributed by atoms with van der Waals surface area (Å²) in [6, 6.07) is 15.5. The summed E-state index contributed by atoms with van der Waals surface area (Å²) in [7, 11) is 3.33. The van der Waals surface area contributed by atoms with Crippen molar-refractivity contribution in [1.29, 1.82) is 0 Å². The molecule has 154 valence electrons. The molecule has 3 aromatic rings. The highest BCUT2D eigenvalue weighted by molar-refractivity contribution is 6.07. The Morgan fingerprint density at radius 2 is 1.70 bits per heavy atom. The van der Waals surface area contributed by atoms with Crippen LogP contribution >= 0.6 is 0 Å². The average Bonchev–Trinajstić information content (AvgIpc) is 3.19. The van der Waals surface area contributed by atoms with E-state index >= 15 is 0 Å². The van der Waals surface area contributed by atoms with Gasteiger partial charge in [-0.1, -0.05) is 12.1 Å². The molecule has 7 nitrogen and oxygen atoms in total. The molecule has 0 unspecified atom stereocenters. The number of hydrogen-bond donors (Lipinski definition) is 0. The molecular weight excluding hydrogens is 382 g/mol. The van der Waals surface area contributed by atoms with E-state index in [4.69, 9.17) is 14.2 Å². The van der Waals surface area contributed by atoms with E-state index in [-0.39, 0.29) is 11.5 Å². The highest BCUT2D eigenvalue weighted by Gasteiger charge is 2.40. The summed E-state index contributed by atoms with van der Waals surface area (Å²) in [5, 5.41) is 4.48. The zero-order valence-corrected chi connectivity index (χ0v) is 17.0. The number of ether oxygens (including phenoxy) is 3. The number of hydrogen-bond acceptors (Lipinski definition) is 5. The largest absolute Gasteiger partial charge is 0.497 e. The Kier molecular flexibility index (Phi) is 4.56. The van der Waals surface area contributed by atoms with Gasteiger partial charge in [0, 0.05) is 24.9 Å². The van der Waals surface area contributed by atoms with Crippen LogP contribution in [-0.4, -0.2) is 49.7 Å². The second-order valence-corrected chi connectivity index (χ2v) is 7.57. The molecule has 3 heterocycles. The molecule has 0 N–H and O–H groups in total. The van der Waals surface area contributed by atoms with Crippen molar-refractivity contribution >= 4 is 11.6 Å². The average molecular weight is 405 g/mol. The Balaban J connectivity index is 1.44. The summed E-state index contributed by atoms with van der Waals surface area (Å²) in [5.41, 5.74) is 3.96. The summed E-state index contributed by atoms with van der Waals surface area (Å²) in [5.74, 6) is 0.712. The molecule has 0 aliphatic carbocycles. The van der Waals surface area contributed by atoms with E-state index < -0.39 is 0 Å². The van der Waals surface area contributed by atoms with Gasteiger partial charge in [-0.2, -0.15) is 5.10 Å². The third-order valence-electron chi connectivity index (χ3n) is 5.98. The number of aromatic nitrogens is 2. The summed E-state index contributed by atoms with van der Waals surface area (Å²) in [4.78, 5) is 15.2. The third-order valence-corrected chi connectivity index (χ3v) is 5.98. The Bertz CT molecular complexity index is 1060. The van der Waals surface area contributed by atoms with Crippen molar-refractivity contribution in [3.63, 3.8) is 0 Å². The van der Waals surface area contributed by atoms with E-state index in [1.54, 1.807) is 25.1 Å². The van der Waals surface area contributed by atoms with Crippen LogP contribution in [0.3, 0.4) is 0 Å². The molecule has 0 bridgehead atoms. The van der Waals surface area contributed by atoms with E-state index in [9.17, 15) is 4.79 Å². The van der Waals surface area contributed by atoms with Crippen LogP contribution in [-0.2, 0) is 21.5 Å². The van der Waals surface area contributed by atoms with E-state index in [0.717, 1.165) is 34.7 Å². The molecule has 7 heteroatoms. The number of amides is 1. The first-order valence-electron chi connectivity index (χ1n) is 9.92. The normalized spacial score (nSPS) is 17.4. The van der Waals surface area contributed by atoms with Crippen LogP contribution in [0.15, 0.2) is 54.7 Å². The fourth-order valence-corrected chi connectivity index (χ4v) is 4.06. The lowest BCUT2D eigenvalue weighted by molar-refractivity contribution is -0.202. The Morgan fingerprint density at radius 1 is 1.00 bits per heavy atom. The van der Waals surface area contributed by atoms with Gasteiger partial charge in [0.25, 0.3) is 5.91 Å². The van der Waals surface area contributed by atoms with Crippen molar-refractivity contribution in [2.24, 2.45) is 0 Å². The predicted molar refractivity (Wildman–Crippen MR) is 111 cm³/mol. The number of methoxy groups -OCH3 is 2. The topological polar surface area (TPSA) is 65.8 Å². The standard InChI is InChI=1S/C23H23N3O4/c1-28-20-9-7-19(8-10-20)26-21-16(13-24-26)11-12-25(22(21)27)18-5-3-17(4-6-18)23(29-2)14-30-15-23/h3-10,13H,11-12,14-15H2,1-2H3. The van der Waals surface area contributed by atoms with Crippen LogP contribution < -0.4 is 9.64 Å². The van der Waals surface area contributed by atoms with Crippen LogP contribution in [0.1, 0.15) is 21.6 Å². The summed E-state index contributed by atoms with van der Waals surface area (Å²) in [6.07, 6.45) is 2.55. The van der Waals surface area contributed by atoms with Crippen molar-refractivity contribution in [2.75, 3.05) is 38.9 Å². The van der Waals surface area contributed by atoms with Crippen molar-refractivity contribution in [3.05, 3.63) is 71.5 Å². The number of nitrogens with zero attached hydrogens (tertiary/aromatic N) is 3. The molecule has 2 aromatic carbocycles. The molecular formula is C23H23N3O4. The SMILES string of the molecule is COc1ccc(-n2ncc3c2C(=O)N(c2ccc(C4(OC)COC4)cc2)CC3)cc1. The maximum absolute atomic E-state index is 13.4. The lowest BCUT2D eigenvalue weighted by atomic mass is 9.91. The van der Waals surface area contributed by atoms with E-state index in [1.165, 1.54) is 0 Å².